The highest BCUT2D eigenvalue weighted by Crippen LogP contribution is 2.40. The molecule has 0 aliphatic heterocycles. The van der Waals surface area contributed by atoms with Crippen LogP contribution in [0.2, 0.25) is 0 Å². The van der Waals surface area contributed by atoms with E-state index in [1.54, 1.807) is 0 Å². The van der Waals surface area contributed by atoms with Crippen LogP contribution in [0.4, 0.5) is 13.2 Å². The first-order valence-electron chi connectivity index (χ1n) is 9.23. The molecule has 4 aromatic rings. The summed E-state index contributed by atoms with van der Waals surface area (Å²) in [6.45, 7) is 0. The molecule has 0 saturated carbocycles. The molecule has 3 aromatic carbocycles. The molecule has 1 heterocycles. The van der Waals surface area contributed by atoms with E-state index in [0.29, 0.717) is 34.2 Å². The highest BCUT2D eigenvalue weighted by atomic mass is 32.2. The van der Waals surface area contributed by atoms with Crippen LogP contribution >= 0.6 is 11.3 Å². The molecular formula is C22H14F3NO4S3. The minimum Gasteiger partial charge on any atom is -0.224 e. The third-order valence-corrected chi connectivity index (χ3v) is 8.99. The summed E-state index contributed by atoms with van der Waals surface area (Å²) < 4.78 is 90.0. The van der Waals surface area contributed by atoms with E-state index in [1.165, 1.54) is 48.5 Å². The maximum Gasteiger partial charge on any atom is 0.233 e. The molecule has 0 spiro atoms. The first-order chi connectivity index (χ1) is 15.4. The Hall–Kier alpha value is -3.02. The smallest absolute Gasteiger partial charge is 0.224 e. The second-order valence-electron chi connectivity index (χ2n) is 7.07. The third-order valence-electron chi connectivity index (χ3n) is 4.65. The average Bonchev–Trinajstić information content (AvgIpc) is 3.19. The Morgan fingerprint density at radius 1 is 0.697 bits per heavy atom. The fraction of sp³-hybridized carbons (Fsp3) is 0.0455. The van der Waals surface area contributed by atoms with Crippen molar-refractivity contribution in [3.05, 3.63) is 84.2 Å². The van der Waals surface area contributed by atoms with E-state index in [0.717, 1.165) is 17.6 Å². The van der Waals surface area contributed by atoms with Crippen LogP contribution in [0, 0.1) is 17.5 Å². The van der Waals surface area contributed by atoms with Crippen molar-refractivity contribution in [2.75, 3.05) is 6.26 Å². The second kappa shape index (κ2) is 8.40. The van der Waals surface area contributed by atoms with E-state index in [9.17, 15) is 30.0 Å². The first-order valence-corrected chi connectivity index (χ1v) is 13.4. The Kier molecular flexibility index (Phi) is 5.89. The maximum absolute atomic E-state index is 13.7. The Morgan fingerprint density at radius 2 is 1.24 bits per heavy atom. The zero-order chi connectivity index (χ0) is 24.0. The second-order valence-corrected chi connectivity index (χ2v) is 12.2. The molecule has 5 nitrogen and oxygen atoms in total. The predicted octanol–water partition coefficient (Wildman–Crippen LogP) is 5.13. The zero-order valence-corrected chi connectivity index (χ0v) is 19.2. The highest BCUT2D eigenvalue weighted by molar-refractivity contribution is 7.93. The van der Waals surface area contributed by atoms with E-state index >= 15 is 0 Å². The van der Waals surface area contributed by atoms with Gasteiger partial charge in [-0.15, -0.1) is 11.3 Å². The molecule has 1 aromatic heterocycles. The number of nitrogens with zero attached hydrogens (tertiary/aromatic N) is 1. The zero-order valence-electron chi connectivity index (χ0n) is 16.8. The van der Waals surface area contributed by atoms with Gasteiger partial charge in [0.2, 0.25) is 14.2 Å². The fourth-order valence-corrected chi connectivity index (χ4v) is 6.43. The quantitative estimate of drug-likeness (QED) is 0.373. The predicted molar refractivity (Wildman–Crippen MR) is 118 cm³/mol. The number of thiazole rings is 1. The van der Waals surface area contributed by atoms with Crippen molar-refractivity contribution in [3.63, 3.8) is 0 Å². The van der Waals surface area contributed by atoms with Crippen LogP contribution in [-0.4, -0.2) is 28.1 Å². The fourth-order valence-electron chi connectivity index (χ4n) is 3.05. The molecule has 0 bridgehead atoms. The van der Waals surface area contributed by atoms with Gasteiger partial charge < -0.3 is 0 Å². The summed E-state index contributed by atoms with van der Waals surface area (Å²) >= 11 is 0.751. The summed E-state index contributed by atoms with van der Waals surface area (Å²) in [6, 6.07) is 12.9. The lowest BCUT2D eigenvalue weighted by molar-refractivity contribution is 0.567. The van der Waals surface area contributed by atoms with Gasteiger partial charge in [-0.25, -0.2) is 35.0 Å². The number of sulfone groups is 2. The monoisotopic (exact) mass is 509 g/mol. The molecule has 0 aliphatic carbocycles. The number of hydrogen-bond acceptors (Lipinski definition) is 6. The maximum atomic E-state index is 13.7. The van der Waals surface area contributed by atoms with Crippen molar-refractivity contribution in [1.82, 2.24) is 4.98 Å². The van der Waals surface area contributed by atoms with Gasteiger partial charge in [-0.1, -0.05) is 12.1 Å². The standard InChI is InChI=1S/C22H14F3NO4S3/c1-32(27,28)18-8-4-14(5-9-18)21-20(13-2-6-15(23)7-3-13)26-22(31-21)33(29,30)19-11-16(24)10-17(25)12-19/h2-12H,1H3. The number of hydrogen-bond donors (Lipinski definition) is 0. The van der Waals surface area contributed by atoms with Crippen molar-refractivity contribution < 1.29 is 30.0 Å². The van der Waals surface area contributed by atoms with Gasteiger partial charge >= 0.3 is 0 Å². The van der Waals surface area contributed by atoms with E-state index < -0.39 is 46.4 Å². The van der Waals surface area contributed by atoms with Crippen molar-refractivity contribution in [2.45, 2.75) is 14.1 Å². The van der Waals surface area contributed by atoms with Crippen LogP contribution in [0.5, 0.6) is 0 Å². The molecule has 0 aliphatic rings. The van der Waals surface area contributed by atoms with Gasteiger partial charge in [0.15, 0.2) is 9.84 Å². The van der Waals surface area contributed by atoms with Crippen molar-refractivity contribution in [1.29, 1.82) is 0 Å². The van der Waals surface area contributed by atoms with Gasteiger partial charge in [0, 0.05) is 17.9 Å². The SMILES string of the molecule is CS(=O)(=O)c1ccc(-c2sc(S(=O)(=O)c3cc(F)cc(F)c3)nc2-c2ccc(F)cc2)cc1. The first kappa shape index (κ1) is 23.1. The van der Waals surface area contributed by atoms with Crippen LogP contribution in [0.25, 0.3) is 21.7 Å². The number of rotatable bonds is 5. The van der Waals surface area contributed by atoms with Gasteiger partial charge in [0.1, 0.15) is 17.5 Å². The lowest BCUT2D eigenvalue weighted by Crippen LogP contribution is -2.03. The van der Waals surface area contributed by atoms with Crippen molar-refractivity contribution >= 4 is 31.0 Å². The Labute approximate surface area is 192 Å². The van der Waals surface area contributed by atoms with Gasteiger partial charge in [-0.05, 0) is 54.1 Å². The number of halogens is 3. The molecule has 0 unspecified atom stereocenters. The van der Waals surface area contributed by atoms with Crippen LogP contribution in [-0.2, 0) is 19.7 Å². The minimum absolute atomic E-state index is 0.0715. The summed E-state index contributed by atoms with van der Waals surface area (Å²) in [5.74, 6) is -2.61. The molecule has 0 fully saturated rings. The summed E-state index contributed by atoms with van der Waals surface area (Å²) in [6.07, 6.45) is 1.06. The van der Waals surface area contributed by atoms with E-state index in [4.69, 9.17) is 0 Å². The summed E-state index contributed by atoms with van der Waals surface area (Å²) in [7, 11) is -7.84. The Balaban J connectivity index is 1.91. The lowest BCUT2D eigenvalue weighted by atomic mass is 10.1. The molecule has 0 N–H and O–H groups in total. The normalized spacial score (nSPS) is 12.1. The molecule has 4 rings (SSSR count). The molecule has 0 amide bonds. The molecule has 0 saturated heterocycles. The molecule has 0 radical (unpaired) electrons. The van der Waals surface area contributed by atoms with Crippen LogP contribution < -0.4 is 0 Å². The molecular weight excluding hydrogens is 495 g/mol. The van der Waals surface area contributed by atoms with Crippen LogP contribution in [0.15, 0.2) is 80.9 Å². The van der Waals surface area contributed by atoms with E-state index in [1.807, 2.05) is 0 Å². The lowest BCUT2D eigenvalue weighted by Gasteiger charge is -2.04. The molecule has 0 atom stereocenters. The summed E-state index contributed by atoms with van der Waals surface area (Å²) in [5.41, 5.74) is 1.07. The van der Waals surface area contributed by atoms with E-state index in [-0.39, 0.29) is 10.6 Å². The van der Waals surface area contributed by atoms with Gasteiger partial charge in [-0.2, -0.15) is 0 Å². The summed E-state index contributed by atoms with van der Waals surface area (Å²) in [5, 5.41) is 0. The minimum atomic E-state index is -4.38. The van der Waals surface area contributed by atoms with Crippen molar-refractivity contribution in [2.24, 2.45) is 0 Å². The van der Waals surface area contributed by atoms with Gasteiger partial charge in [0.05, 0.1) is 20.4 Å². The molecule has 33 heavy (non-hydrogen) atoms. The number of aromatic nitrogens is 1. The van der Waals surface area contributed by atoms with Crippen molar-refractivity contribution in [3.8, 4) is 21.7 Å². The molecule has 170 valence electrons. The third kappa shape index (κ3) is 4.70. The number of benzene rings is 3. The summed E-state index contributed by atoms with van der Waals surface area (Å²) in [4.78, 5) is 4.04. The molecule has 11 heteroatoms. The van der Waals surface area contributed by atoms with Gasteiger partial charge in [-0.3, -0.25) is 0 Å². The van der Waals surface area contributed by atoms with E-state index in [2.05, 4.69) is 4.98 Å². The highest BCUT2D eigenvalue weighted by Gasteiger charge is 2.27. The van der Waals surface area contributed by atoms with Crippen LogP contribution in [0.1, 0.15) is 0 Å². The topological polar surface area (TPSA) is 81.2 Å². The van der Waals surface area contributed by atoms with Gasteiger partial charge in [0.25, 0.3) is 0 Å². The van der Waals surface area contributed by atoms with Crippen LogP contribution in [0.3, 0.4) is 0 Å². The average molecular weight is 510 g/mol. The Morgan fingerprint density at radius 3 is 1.79 bits per heavy atom. The largest absolute Gasteiger partial charge is 0.233 e. The Bertz CT molecular complexity index is 1540.